The number of imide groups is 1. The smallest absolute Gasteiger partial charge is 0.255 e. The summed E-state index contributed by atoms with van der Waals surface area (Å²) in [6.07, 6.45) is 0.637. The second kappa shape index (κ2) is 4.97. The third-order valence-corrected chi connectivity index (χ3v) is 2.66. The minimum absolute atomic E-state index is 0.00647. The SMILES string of the molecule is Nc1ccc(CCN2C(=O)COCC2=O)cc1. The van der Waals surface area contributed by atoms with E-state index < -0.39 is 0 Å². The fourth-order valence-corrected chi connectivity index (χ4v) is 1.70. The number of morpholine rings is 1. The van der Waals surface area contributed by atoms with Gasteiger partial charge in [-0.05, 0) is 24.1 Å². The molecule has 0 aliphatic carbocycles. The van der Waals surface area contributed by atoms with Crippen LogP contribution in [0.3, 0.4) is 0 Å². The number of rotatable bonds is 3. The Morgan fingerprint density at radius 1 is 1.12 bits per heavy atom. The average molecular weight is 234 g/mol. The Hall–Kier alpha value is -1.88. The minimum Gasteiger partial charge on any atom is -0.399 e. The lowest BCUT2D eigenvalue weighted by Gasteiger charge is -2.24. The maximum Gasteiger partial charge on any atom is 0.255 e. The first-order valence-corrected chi connectivity index (χ1v) is 5.42. The summed E-state index contributed by atoms with van der Waals surface area (Å²) in [6.45, 7) is 0.381. The number of nitrogen functional groups attached to an aromatic ring is 1. The molecule has 1 aliphatic heterocycles. The number of hydrogen-bond donors (Lipinski definition) is 1. The highest BCUT2D eigenvalue weighted by Gasteiger charge is 2.25. The Morgan fingerprint density at radius 3 is 2.29 bits per heavy atom. The number of nitrogens with zero attached hydrogens (tertiary/aromatic N) is 1. The highest BCUT2D eigenvalue weighted by Crippen LogP contribution is 2.08. The van der Waals surface area contributed by atoms with Gasteiger partial charge in [-0.1, -0.05) is 12.1 Å². The third-order valence-electron chi connectivity index (χ3n) is 2.66. The number of ether oxygens (including phenoxy) is 1. The van der Waals surface area contributed by atoms with Gasteiger partial charge in [0.15, 0.2) is 0 Å². The molecule has 5 nitrogen and oxygen atoms in total. The molecule has 1 aromatic carbocycles. The quantitative estimate of drug-likeness (QED) is 0.599. The van der Waals surface area contributed by atoms with Crippen molar-refractivity contribution in [1.29, 1.82) is 0 Å². The summed E-state index contributed by atoms with van der Waals surface area (Å²) >= 11 is 0. The van der Waals surface area contributed by atoms with Crippen LogP contribution in [-0.2, 0) is 20.7 Å². The Morgan fingerprint density at radius 2 is 1.71 bits per heavy atom. The van der Waals surface area contributed by atoms with E-state index in [0.29, 0.717) is 18.7 Å². The molecule has 1 fully saturated rings. The number of nitrogens with two attached hydrogens (primary N) is 1. The Bertz CT molecular complexity index is 412. The van der Waals surface area contributed by atoms with Gasteiger partial charge in [-0.2, -0.15) is 0 Å². The monoisotopic (exact) mass is 234 g/mol. The van der Waals surface area contributed by atoms with Crippen molar-refractivity contribution in [2.45, 2.75) is 6.42 Å². The number of carbonyl (C=O) groups is 2. The first-order valence-electron chi connectivity index (χ1n) is 5.42. The molecule has 1 heterocycles. The van der Waals surface area contributed by atoms with Crippen LogP contribution in [0.5, 0.6) is 0 Å². The fraction of sp³-hybridized carbons (Fsp3) is 0.333. The highest BCUT2D eigenvalue weighted by molar-refractivity contribution is 5.98. The van der Waals surface area contributed by atoms with Crippen molar-refractivity contribution in [3.05, 3.63) is 29.8 Å². The average Bonchev–Trinajstić information content (AvgIpc) is 2.31. The molecule has 0 bridgehead atoms. The number of benzene rings is 1. The third kappa shape index (κ3) is 2.82. The van der Waals surface area contributed by atoms with E-state index in [1.54, 1.807) is 12.1 Å². The summed E-state index contributed by atoms with van der Waals surface area (Å²) in [6, 6.07) is 7.39. The van der Waals surface area contributed by atoms with Gasteiger partial charge in [0, 0.05) is 12.2 Å². The van der Waals surface area contributed by atoms with E-state index in [9.17, 15) is 9.59 Å². The predicted molar refractivity (Wildman–Crippen MR) is 62.1 cm³/mol. The molecule has 0 unspecified atom stereocenters. The van der Waals surface area contributed by atoms with Crippen LogP contribution < -0.4 is 5.73 Å². The molecule has 17 heavy (non-hydrogen) atoms. The molecule has 2 amide bonds. The molecule has 0 aromatic heterocycles. The van der Waals surface area contributed by atoms with E-state index >= 15 is 0 Å². The van der Waals surface area contributed by atoms with Crippen LogP contribution in [0.4, 0.5) is 5.69 Å². The van der Waals surface area contributed by atoms with E-state index in [2.05, 4.69) is 0 Å². The molecule has 5 heteroatoms. The van der Waals surface area contributed by atoms with Crippen LogP contribution >= 0.6 is 0 Å². The van der Waals surface area contributed by atoms with Gasteiger partial charge in [0.2, 0.25) is 0 Å². The summed E-state index contributed by atoms with van der Waals surface area (Å²) < 4.78 is 4.83. The van der Waals surface area contributed by atoms with E-state index in [0.717, 1.165) is 5.56 Å². The van der Waals surface area contributed by atoms with E-state index in [1.165, 1.54) is 4.90 Å². The second-order valence-corrected chi connectivity index (χ2v) is 3.92. The van der Waals surface area contributed by atoms with Crippen molar-refractivity contribution in [3.63, 3.8) is 0 Å². The molecule has 1 aromatic rings. The summed E-state index contributed by atoms with van der Waals surface area (Å²) in [5, 5.41) is 0. The van der Waals surface area contributed by atoms with Gasteiger partial charge in [0.1, 0.15) is 13.2 Å². The maximum atomic E-state index is 11.4. The van der Waals surface area contributed by atoms with Crippen LogP contribution in [0.2, 0.25) is 0 Å². The zero-order valence-corrected chi connectivity index (χ0v) is 9.39. The second-order valence-electron chi connectivity index (χ2n) is 3.92. The van der Waals surface area contributed by atoms with Crippen molar-refractivity contribution in [3.8, 4) is 0 Å². The minimum atomic E-state index is -0.267. The Balaban J connectivity index is 1.95. The Kier molecular flexibility index (Phi) is 3.39. The molecule has 0 saturated carbocycles. The zero-order chi connectivity index (χ0) is 12.3. The molecular weight excluding hydrogens is 220 g/mol. The van der Waals surface area contributed by atoms with Crippen LogP contribution in [0, 0.1) is 0 Å². The van der Waals surface area contributed by atoms with E-state index in [1.807, 2.05) is 12.1 Å². The van der Waals surface area contributed by atoms with E-state index in [-0.39, 0.29) is 25.0 Å². The lowest BCUT2D eigenvalue weighted by Crippen LogP contribution is -2.46. The van der Waals surface area contributed by atoms with Gasteiger partial charge in [0.25, 0.3) is 11.8 Å². The van der Waals surface area contributed by atoms with E-state index in [4.69, 9.17) is 10.5 Å². The standard InChI is InChI=1S/C12H14N2O3/c13-10-3-1-9(2-4-10)5-6-14-11(15)7-17-8-12(14)16/h1-4H,5-8,13H2. The summed E-state index contributed by atoms with van der Waals surface area (Å²) in [5.74, 6) is -0.534. The van der Waals surface area contributed by atoms with Gasteiger partial charge < -0.3 is 10.5 Å². The zero-order valence-electron chi connectivity index (χ0n) is 9.39. The van der Waals surface area contributed by atoms with Gasteiger partial charge >= 0.3 is 0 Å². The normalized spacial score (nSPS) is 16.4. The van der Waals surface area contributed by atoms with Crippen LogP contribution in [-0.4, -0.2) is 36.5 Å². The molecule has 0 atom stereocenters. The fourth-order valence-electron chi connectivity index (χ4n) is 1.70. The largest absolute Gasteiger partial charge is 0.399 e. The first-order chi connectivity index (χ1) is 8.16. The molecule has 0 radical (unpaired) electrons. The van der Waals surface area contributed by atoms with Crippen molar-refractivity contribution >= 4 is 17.5 Å². The first kappa shape index (κ1) is 11.6. The van der Waals surface area contributed by atoms with Gasteiger partial charge in [-0.15, -0.1) is 0 Å². The predicted octanol–water partition coefficient (Wildman–Crippen LogP) is 0.197. The summed E-state index contributed by atoms with van der Waals surface area (Å²) in [5.41, 5.74) is 7.32. The van der Waals surface area contributed by atoms with Crippen molar-refractivity contribution < 1.29 is 14.3 Å². The van der Waals surface area contributed by atoms with Crippen molar-refractivity contribution in [1.82, 2.24) is 4.90 Å². The topological polar surface area (TPSA) is 72.6 Å². The van der Waals surface area contributed by atoms with Gasteiger partial charge in [-0.3, -0.25) is 14.5 Å². The lowest BCUT2D eigenvalue weighted by molar-refractivity contribution is -0.158. The molecular formula is C12H14N2O3. The molecule has 2 N–H and O–H groups in total. The maximum absolute atomic E-state index is 11.4. The van der Waals surface area contributed by atoms with Crippen LogP contribution in [0.15, 0.2) is 24.3 Å². The summed E-state index contributed by atoms with van der Waals surface area (Å²) in [7, 11) is 0. The highest BCUT2D eigenvalue weighted by atomic mass is 16.5. The van der Waals surface area contributed by atoms with Crippen molar-refractivity contribution in [2.24, 2.45) is 0 Å². The van der Waals surface area contributed by atoms with Gasteiger partial charge in [-0.25, -0.2) is 0 Å². The number of anilines is 1. The Labute approximate surface area is 99.2 Å². The number of hydrogen-bond acceptors (Lipinski definition) is 4. The van der Waals surface area contributed by atoms with Crippen LogP contribution in [0.25, 0.3) is 0 Å². The lowest BCUT2D eigenvalue weighted by atomic mass is 10.1. The molecule has 90 valence electrons. The molecule has 1 saturated heterocycles. The number of amides is 2. The van der Waals surface area contributed by atoms with Crippen LogP contribution in [0.1, 0.15) is 5.56 Å². The number of carbonyl (C=O) groups excluding carboxylic acids is 2. The van der Waals surface area contributed by atoms with Crippen molar-refractivity contribution in [2.75, 3.05) is 25.5 Å². The molecule has 2 rings (SSSR count). The summed E-state index contributed by atoms with van der Waals surface area (Å²) in [4.78, 5) is 24.1. The molecule has 1 aliphatic rings. The van der Waals surface area contributed by atoms with Gasteiger partial charge in [0.05, 0.1) is 0 Å². The molecule has 0 spiro atoms.